The largest absolute Gasteiger partial charge is 0.497 e. The van der Waals surface area contributed by atoms with Crippen molar-refractivity contribution in [1.82, 2.24) is 14.8 Å². The number of nitrogens with one attached hydrogen (secondary N) is 1. The van der Waals surface area contributed by atoms with E-state index in [2.05, 4.69) is 15.4 Å². The summed E-state index contributed by atoms with van der Waals surface area (Å²) in [6, 6.07) is 14.1. The molecule has 8 nitrogen and oxygen atoms in total. The van der Waals surface area contributed by atoms with Crippen LogP contribution in [-0.2, 0) is 11.3 Å². The molecule has 0 fully saturated rings. The van der Waals surface area contributed by atoms with Gasteiger partial charge in [-0.3, -0.25) is 4.79 Å². The molecule has 144 valence electrons. The predicted molar refractivity (Wildman–Crippen MR) is 105 cm³/mol. The van der Waals surface area contributed by atoms with Crippen molar-refractivity contribution in [2.75, 3.05) is 19.0 Å². The number of carbonyl (C=O) groups excluding carboxylic acids is 1. The van der Waals surface area contributed by atoms with Crippen LogP contribution in [0.5, 0.6) is 11.5 Å². The molecule has 1 aromatic heterocycles. The molecular weight excluding hydrogens is 360 g/mol. The summed E-state index contributed by atoms with van der Waals surface area (Å²) in [5, 5.41) is 6.76. The Balaban J connectivity index is 1.68. The van der Waals surface area contributed by atoms with E-state index < -0.39 is 5.69 Å². The van der Waals surface area contributed by atoms with Gasteiger partial charge in [0, 0.05) is 11.3 Å². The fourth-order valence-corrected chi connectivity index (χ4v) is 2.53. The smallest absolute Gasteiger partial charge is 0.365 e. The van der Waals surface area contributed by atoms with Gasteiger partial charge in [-0.2, -0.15) is 10.1 Å². The number of methoxy groups -OCH3 is 1. The first-order chi connectivity index (χ1) is 13.6. The lowest BCUT2D eigenvalue weighted by Gasteiger charge is -2.08. The minimum atomic E-state index is -0.609. The molecule has 0 aliphatic carbocycles. The second-order valence-electron chi connectivity index (χ2n) is 5.82. The number of ether oxygens (including phenoxy) is 2. The van der Waals surface area contributed by atoms with Crippen molar-refractivity contribution in [3.63, 3.8) is 0 Å². The number of rotatable bonds is 7. The molecule has 8 heteroatoms. The van der Waals surface area contributed by atoms with Gasteiger partial charge in [-0.1, -0.05) is 12.1 Å². The van der Waals surface area contributed by atoms with Gasteiger partial charge in [0.15, 0.2) is 0 Å². The second kappa shape index (κ2) is 8.81. The molecule has 1 N–H and O–H groups in total. The van der Waals surface area contributed by atoms with E-state index in [0.29, 0.717) is 29.3 Å². The molecule has 0 bridgehead atoms. The van der Waals surface area contributed by atoms with Gasteiger partial charge in [0.1, 0.15) is 18.0 Å². The van der Waals surface area contributed by atoms with Crippen molar-refractivity contribution >= 4 is 11.6 Å². The molecular formula is C20H20N4O4. The number of hydrogen-bond acceptors (Lipinski definition) is 6. The summed E-state index contributed by atoms with van der Waals surface area (Å²) in [7, 11) is 1.56. The zero-order valence-corrected chi connectivity index (χ0v) is 15.6. The molecule has 0 aliphatic rings. The van der Waals surface area contributed by atoms with E-state index in [1.54, 1.807) is 55.6 Å². The molecule has 2 aromatic carbocycles. The lowest BCUT2D eigenvalue weighted by atomic mass is 10.1. The van der Waals surface area contributed by atoms with Crippen molar-refractivity contribution in [2.45, 2.75) is 13.5 Å². The Hall–Kier alpha value is -3.68. The number of hydrogen-bond donors (Lipinski definition) is 1. The zero-order valence-electron chi connectivity index (χ0n) is 15.6. The number of amides is 1. The minimum absolute atomic E-state index is 0.239. The normalized spacial score (nSPS) is 10.4. The van der Waals surface area contributed by atoms with Crippen LogP contribution in [0, 0.1) is 0 Å². The van der Waals surface area contributed by atoms with Crippen molar-refractivity contribution in [3.8, 4) is 22.8 Å². The third-order valence-corrected chi connectivity index (χ3v) is 3.86. The molecule has 0 saturated heterocycles. The summed E-state index contributed by atoms with van der Waals surface area (Å²) in [5.74, 6) is 0.989. The van der Waals surface area contributed by atoms with Crippen molar-refractivity contribution in [3.05, 3.63) is 65.2 Å². The Morgan fingerprint density at radius 1 is 1.14 bits per heavy atom. The van der Waals surface area contributed by atoms with E-state index in [-0.39, 0.29) is 12.5 Å². The highest BCUT2D eigenvalue weighted by atomic mass is 16.5. The van der Waals surface area contributed by atoms with Crippen LogP contribution in [0.3, 0.4) is 0 Å². The van der Waals surface area contributed by atoms with E-state index in [1.165, 1.54) is 6.20 Å². The van der Waals surface area contributed by atoms with Gasteiger partial charge in [0.25, 0.3) is 0 Å². The Bertz CT molecular complexity index is 1020. The summed E-state index contributed by atoms with van der Waals surface area (Å²) in [6.45, 7) is 2.23. The van der Waals surface area contributed by atoms with Crippen molar-refractivity contribution in [1.29, 1.82) is 0 Å². The highest BCUT2D eigenvalue weighted by molar-refractivity contribution is 5.90. The van der Waals surface area contributed by atoms with Crippen molar-refractivity contribution < 1.29 is 14.3 Å². The van der Waals surface area contributed by atoms with E-state index in [0.717, 1.165) is 10.4 Å². The Kier molecular flexibility index (Phi) is 6.01. The van der Waals surface area contributed by atoms with Crippen LogP contribution in [0.4, 0.5) is 5.69 Å². The van der Waals surface area contributed by atoms with E-state index in [9.17, 15) is 9.59 Å². The van der Waals surface area contributed by atoms with Crippen LogP contribution in [0.15, 0.2) is 59.5 Å². The molecule has 0 saturated carbocycles. The maximum Gasteiger partial charge on any atom is 0.365 e. The molecule has 0 unspecified atom stereocenters. The summed E-state index contributed by atoms with van der Waals surface area (Å²) < 4.78 is 11.5. The van der Waals surface area contributed by atoms with Crippen LogP contribution in [0.1, 0.15) is 6.92 Å². The van der Waals surface area contributed by atoms with Gasteiger partial charge in [-0.05, 0) is 43.3 Å². The molecule has 0 atom stereocenters. The Morgan fingerprint density at radius 2 is 1.93 bits per heavy atom. The number of nitrogens with zero attached hydrogens (tertiary/aromatic N) is 3. The lowest BCUT2D eigenvalue weighted by Crippen LogP contribution is -2.31. The van der Waals surface area contributed by atoms with Gasteiger partial charge in [0.2, 0.25) is 5.91 Å². The fourth-order valence-electron chi connectivity index (χ4n) is 2.53. The van der Waals surface area contributed by atoms with E-state index in [1.807, 2.05) is 6.92 Å². The van der Waals surface area contributed by atoms with Crippen LogP contribution in [0.2, 0.25) is 0 Å². The topological polar surface area (TPSA) is 95.3 Å². The molecule has 3 rings (SSSR count). The standard InChI is InChI=1S/C20H20N4O4/c1-3-28-16-9-7-15(8-10-16)22-19(25)13-24-20(26)23-18(12-21-24)14-5-4-6-17(11-14)27-2/h4-12H,3,13H2,1-2H3,(H,22,25). The summed E-state index contributed by atoms with van der Waals surface area (Å²) in [4.78, 5) is 28.4. The maximum absolute atomic E-state index is 12.2. The van der Waals surface area contributed by atoms with E-state index >= 15 is 0 Å². The molecule has 3 aromatic rings. The van der Waals surface area contributed by atoms with Gasteiger partial charge >= 0.3 is 5.69 Å². The first-order valence-corrected chi connectivity index (χ1v) is 8.70. The van der Waals surface area contributed by atoms with E-state index in [4.69, 9.17) is 9.47 Å². The number of aromatic nitrogens is 3. The second-order valence-corrected chi connectivity index (χ2v) is 5.82. The number of carbonyl (C=O) groups is 1. The average molecular weight is 380 g/mol. The first-order valence-electron chi connectivity index (χ1n) is 8.70. The maximum atomic E-state index is 12.2. The molecule has 0 spiro atoms. The summed E-state index contributed by atoms with van der Waals surface area (Å²) in [5.41, 5.74) is 1.10. The van der Waals surface area contributed by atoms with Gasteiger partial charge in [-0.15, -0.1) is 0 Å². The third-order valence-electron chi connectivity index (χ3n) is 3.86. The number of benzene rings is 2. The highest BCUT2D eigenvalue weighted by Gasteiger charge is 2.10. The third kappa shape index (κ3) is 4.73. The quantitative estimate of drug-likeness (QED) is 0.676. The monoisotopic (exact) mass is 380 g/mol. The lowest BCUT2D eigenvalue weighted by molar-refractivity contribution is -0.117. The van der Waals surface area contributed by atoms with Gasteiger partial charge in [0.05, 0.1) is 25.6 Å². The molecule has 0 aliphatic heterocycles. The van der Waals surface area contributed by atoms with Gasteiger partial charge in [-0.25, -0.2) is 9.48 Å². The molecule has 0 radical (unpaired) electrons. The fraction of sp³-hybridized carbons (Fsp3) is 0.200. The Morgan fingerprint density at radius 3 is 2.61 bits per heavy atom. The van der Waals surface area contributed by atoms with Crippen LogP contribution >= 0.6 is 0 Å². The first kappa shape index (κ1) is 19.1. The minimum Gasteiger partial charge on any atom is -0.497 e. The highest BCUT2D eigenvalue weighted by Crippen LogP contribution is 2.20. The van der Waals surface area contributed by atoms with Crippen molar-refractivity contribution in [2.24, 2.45) is 0 Å². The number of anilines is 1. The van der Waals surface area contributed by atoms with Gasteiger partial charge < -0.3 is 14.8 Å². The average Bonchev–Trinajstić information content (AvgIpc) is 2.71. The predicted octanol–water partition coefficient (Wildman–Crippen LogP) is 2.35. The molecule has 1 amide bonds. The summed E-state index contributed by atoms with van der Waals surface area (Å²) in [6.07, 6.45) is 1.44. The molecule has 28 heavy (non-hydrogen) atoms. The molecule has 1 heterocycles. The summed E-state index contributed by atoms with van der Waals surface area (Å²) >= 11 is 0. The van der Waals surface area contributed by atoms with Crippen LogP contribution < -0.4 is 20.5 Å². The SMILES string of the molecule is CCOc1ccc(NC(=O)Cn2ncc(-c3cccc(OC)c3)nc2=O)cc1. The van der Waals surface area contributed by atoms with Crippen LogP contribution in [-0.4, -0.2) is 34.4 Å². The zero-order chi connectivity index (χ0) is 19.9. The van der Waals surface area contributed by atoms with Crippen LogP contribution in [0.25, 0.3) is 11.3 Å². The Labute approximate surface area is 161 Å².